The quantitative estimate of drug-likeness (QED) is 0.358. The van der Waals surface area contributed by atoms with Crippen molar-refractivity contribution in [2.24, 2.45) is 0 Å². The van der Waals surface area contributed by atoms with Gasteiger partial charge in [-0.1, -0.05) is 30.3 Å². The molecule has 4 nitrogen and oxygen atoms in total. The summed E-state index contributed by atoms with van der Waals surface area (Å²) >= 11 is 0. The van der Waals surface area contributed by atoms with Gasteiger partial charge < -0.3 is 39.3 Å². The molecule has 169 valence electrons. The van der Waals surface area contributed by atoms with Crippen molar-refractivity contribution in [2.45, 2.75) is 40.8 Å². The first-order valence-electron chi connectivity index (χ1n) is 9.89. The monoisotopic (exact) mass is 591 g/mol. The molecular weight excluding hydrogens is 563 g/mol. The minimum Gasteiger partial charge on any atom is -1.00 e. The Morgan fingerprint density at radius 1 is 0.710 bits per heavy atom. The first kappa shape index (κ1) is 29.7. The number of aryl methyl sites for hydroxylation is 4. The maximum atomic E-state index is 4.68. The summed E-state index contributed by atoms with van der Waals surface area (Å²) in [5.74, 6) is 0. The summed E-state index contributed by atoms with van der Waals surface area (Å²) in [5.41, 5.74) is 8.11. The van der Waals surface area contributed by atoms with Crippen molar-refractivity contribution in [2.75, 3.05) is 18.4 Å². The molecule has 0 bridgehead atoms. The Bertz CT molecular complexity index is 869. The van der Waals surface area contributed by atoms with E-state index in [0.717, 1.165) is 49.0 Å². The second kappa shape index (κ2) is 14.7. The van der Waals surface area contributed by atoms with E-state index in [0.29, 0.717) is 0 Å². The fraction of sp³-hybridized carbons (Fsp3) is 0.333. The molecule has 0 saturated heterocycles. The van der Waals surface area contributed by atoms with Gasteiger partial charge in [0.15, 0.2) is 0 Å². The molecule has 2 heterocycles. The third kappa shape index (κ3) is 9.41. The Kier molecular flexibility index (Phi) is 14.1. The Morgan fingerprint density at radius 2 is 1.16 bits per heavy atom. The molecule has 0 amide bonds. The molecule has 0 aliphatic carbocycles. The molecule has 3 aromatic rings. The van der Waals surface area contributed by atoms with Gasteiger partial charge in [-0.25, -0.2) is 0 Å². The average Bonchev–Trinajstić information content (AvgIpc) is 2.64. The van der Waals surface area contributed by atoms with Gasteiger partial charge in [0.05, 0.1) is 11.4 Å². The standard InChI is InChI=1S/C24H30N4.2BrH.Co/c1-18-8-5-9-19(2)24(18)25-14-15-28(16-22-12-6-10-20(3)26-22)17-23-13-7-11-21(4)27-23;;;/h5-13,25H,14-17H2,1-4H3;2*1H;/q;;;+2/p-2. The van der Waals surface area contributed by atoms with Gasteiger partial charge >= 0.3 is 16.8 Å². The molecule has 0 atom stereocenters. The molecule has 0 saturated carbocycles. The average molecular weight is 593 g/mol. The fourth-order valence-electron chi connectivity index (χ4n) is 3.48. The van der Waals surface area contributed by atoms with E-state index in [1.807, 2.05) is 26.0 Å². The smallest absolute Gasteiger partial charge is 1.00 e. The van der Waals surface area contributed by atoms with Crippen LogP contribution in [-0.4, -0.2) is 28.0 Å². The van der Waals surface area contributed by atoms with Crippen molar-refractivity contribution in [3.8, 4) is 0 Å². The van der Waals surface area contributed by atoms with Crippen LogP contribution in [0, 0.1) is 27.7 Å². The van der Waals surface area contributed by atoms with Crippen LogP contribution in [0.15, 0.2) is 54.6 Å². The number of hydrogen-bond donors (Lipinski definition) is 1. The van der Waals surface area contributed by atoms with Gasteiger partial charge in [-0.15, -0.1) is 0 Å². The maximum absolute atomic E-state index is 4.68. The molecule has 1 N–H and O–H groups in total. The van der Waals surface area contributed by atoms with Crippen molar-refractivity contribution in [3.05, 3.63) is 88.5 Å². The van der Waals surface area contributed by atoms with Crippen LogP contribution in [0.5, 0.6) is 0 Å². The number of pyridine rings is 2. The first-order chi connectivity index (χ1) is 13.5. The van der Waals surface area contributed by atoms with Gasteiger partial charge in [0.1, 0.15) is 0 Å². The van der Waals surface area contributed by atoms with Crippen LogP contribution >= 0.6 is 0 Å². The van der Waals surface area contributed by atoms with E-state index in [-0.39, 0.29) is 50.7 Å². The van der Waals surface area contributed by atoms with Gasteiger partial charge in [0.2, 0.25) is 0 Å². The largest absolute Gasteiger partial charge is 2.00 e. The molecule has 31 heavy (non-hydrogen) atoms. The van der Waals surface area contributed by atoms with E-state index < -0.39 is 0 Å². The van der Waals surface area contributed by atoms with Gasteiger partial charge in [0.25, 0.3) is 0 Å². The van der Waals surface area contributed by atoms with E-state index in [1.165, 1.54) is 16.8 Å². The zero-order valence-corrected chi connectivity index (χ0v) is 22.7. The van der Waals surface area contributed by atoms with Gasteiger partial charge in [0, 0.05) is 43.3 Å². The molecule has 0 aliphatic rings. The molecule has 0 fully saturated rings. The van der Waals surface area contributed by atoms with Crippen LogP contribution in [0.4, 0.5) is 5.69 Å². The predicted octanol–water partition coefficient (Wildman–Crippen LogP) is -1.17. The number of para-hydroxylation sites is 1. The molecule has 1 aromatic carbocycles. The first-order valence-corrected chi connectivity index (χ1v) is 9.89. The van der Waals surface area contributed by atoms with Crippen molar-refractivity contribution in [1.82, 2.24) is 14.9 Å². The number of nitrogens with zero attached hydrogens (tertiary/aromatic N) is 3. The van der Waals surface area contributed by atoms with Gasteiger partial charge in [-0.2, -0.15) is 0 Å². The molecule has 1 radical (unpaired) electrons. The van der Waals surface area contributed by atoms with Crippen molar-refractivity contribution in [1.29, 1.82) is 0 Å². The number of anilines is 1. The van der Waals surface area contributed by atoms with Crippen LogP contribution in [0.25, 0.3) is 0 Å². The summed E-state index contributed by atoms with van der Waals surface area (Å²) in [4.78, 5) is 11.8. The second-order valence-corrected chi connectivity index (χ2v) is 7.44. The van der Waals surface area contributed by atoms with E-state index in [9.17, 15) is 0 Å². The number of rotatable bonds is 8. The molecule has 0 unspecified atom stereocenters. The van der Waals surface area contributed by atoms with E-state index >= 15 is 0 Å². The number of nitrogens with one attached hydrogen (secondary N) is 1. The number of benzene rings is 1. The summed E-state index contributed by atoms with van der Waals surface area (Å²) in [6, 6.07) is 18.9. The molecular formula is C24H30Br2CoN4. The minimum absolute atomic E-state index is 0. The SMILES string of the molecule is Cc1cccc(CN(CCNc2c(C)cccc2C)Cc2cccc(C)n2)n1.[Br-].[Br-].[Co+2]. The van der Waals surface area contributed by atoms with Crippen molar-refractivity contribution < 1.29 is 50.7 Å². The Morgan fingerprint density at radius 3 is 1.61 bits per heavy atom. The van der Waals surface area contributed by atoms with E-state index in [4.69, 9.17) is 0 Å². The third-order valence-electron chi connectivity index (χ3n) is 4.87. The number of aromatic nitrogens is 2. The molecule has 2 aromatic heterocycles. The topological polar surface area (TPSA) is 41.0 Å². The summed E-state index contributed by atoms with van der Waals surface area (Å²) < 4.78 is 0. The normalized spacial score (nSPS) is 9.97. The number of hydrogen-bond acceptors (Lipinski definition) is 4. The maximum Gasteiger partial charge on any atom is 2.00 e. The minimum atomic E-state index is 0. The van der Waals surface area contributed by atoms with Crippen LogP contribution in [0.3, 0.4) is 0 Å². The van der Waals surface area contributed by atoms with Crippen molar-refractivity contribution in [3.63, 3.8) is 0 Å². The molecule has 7 heteroatoms. The van der Waals surface area contributed by atoms with Gasteiger partial charge in [-0.3, -0.25) is 14.9 Å². The Hall–Kier alpha value is -1.25. The fourth-order valence-corrected chi connectivity index (χ4v) is 3.48. The molecule has 0 aliphatic heterocycles. The molecule has 3 rings (SSSR count). The zero-order chi connectivity index (χ0) is 19.9. The summed E-state index contributed by atoms with van der Waals surface area (Å²) in [7, 11) is 0. The Balaban J connectivity index is 0.00000300. The zero-order valence-electron chi connectivity index (χ0n) is 18.5. The second-order valence-electron chi connectivity index (χ2n) is 7.44. The van der Waals surface area contributed by atoms with Gasteiger partial charge in [-0.05, 0) is 63.1 Å². The summed E-state index contributed by atoms with van der Waals surface area (Å²) in [6.07, 6.45) is 0. The van der Waals surface area contributed by atoms with Crippen LogP contribution < -0.4 is 39.3 Å². The predicted molar refractivity (Wildman–Crippen MR) is 116 cm³/mol. The van der Waals surface area contributed by atoms with Crippen LogP contribution in [-0.2, 0) is 29.9 Å². The third-order valence-corrected chi connectivity index (χ3v) is 4.87. The van der Waals surface area contributed by atoms with Crippen LogP contribution in [0.2, 0.25) is 0 Å². The molecule has 0 spiro atoms. The van der Waals surface area contributed by atoms with E-state index in [1.54, 1.807) is 0 Å². The van der Waals surface area contributed by atoms with E-state index in [2.05, 4.69) is 76.5 Å². The summed E-state index contributed by atoms with van der Waals surface area (Å²) in [5, 5.41) is 3.62. The van der Waals surface area contributed by atoms with Crippen LogP contribution in [0.1, 0.15) is 33.9 Å². The van der Waals surface area contributed by atoms with Crippen molar-refractivity contribution >= 4 is 5.69 Å². The number of halogens is 2. The summed E-state index contributed by atoms with van der Waals surface area (Å²) in [6.45, 7) is 11.8. The Labute approximate surface area is 218 Å².